The fourth-order valence-corrected chi connectivity index (χ4v) is 2.39. The van der Waals surface area contributed by atoms with Crippen LogP contribution in [0.5, 0.6) is 0 Å². The number of carbonyl (C=O) groups excluding carboxylic acids is 1. The Hall–Kier alpha value is -1.78. The quantitative estimate of drug-likeness (QED) is 0.707. The van der Waals surface area contributed by atoms with Crippen molar-refractivity contribution < 1.29 is 14.7 Å². The number of H-pyrrole nitrogens is 1. The minimum atomic E-state index is -1.19. The molecule has 0 aromatic carbocycles. The van der Waals surface area contributed by atoms with Gasteiger partial charge in [-0.2, -0.15) is 0 Å². The van der Waals surface area contributed by atoms with Gasteiger partial charge in [0.15, 0.2) is 0 Å². The van der Waals surface area contributed by atoms with Gasteiger partial charge in [0, 0.05) is 24.4 Å². The highest BCUT2D eigenvalue weighted by Gasteiger charge is 2.51. The Morgan fingerprint density at radius 1 is 1.47 bits per heavy atom. The van der Waals surface area contributed by atoms with E-state index in [1.807, 2.05) is 32.3 Å². The topological polar surface area (TPSA) is 82.2 Å². The number of nitrogens with one attached hydrogen (secondary N) is 2. The van der Waals surface area contributed by atoms with Crippen LogP contribution in [-0.2, 0) is 15.0 Å². The van der Waals surface area contributed by atoms with E-state index in [9.17, 15) is 14.7 Å². The zero-order chi connectivity index (χ0) is 14.1. The van der Waals surface area contributed by atoms with Crippen molar-refractivity contribution in [3.63, 3.8) is 0 Å². The maximum absolute atomic E-state index is 12.1. The third kappa shape index (κ3) is 2.37. The Labute approximate surface area is 112 Å². The van der Waals surface area contributed by atoms with E-state index in [0.717, 1.165) is 12.0 Å². The van der Waals surface area contributed by atoms with Gasteiger partial charge in [-0.05, 0) is 24.5 Å². The standard InChI is InChI=1S/C14H20N2O3/c1-13(2,10-4-7-15-8-10)9-16-11(17)14(12(18)19)5-3-6-14/h4,7-8,15H,3,5-6,9H2,1-2H3,(H,16,17)(H,18,19). The normalized spacial score (nSPS) is 17.6. The first-order chi connectivity index (χ1) is 8.88. The molecule has 1 saturated carbocycles. The smallest absolute Gasteiger partial charge is 0.319 e. The van der Waals surface area contributed by atoms with Crippen LogP contribution in [0.25, 0.3) is 0 Å². The van der Waals surface area contributed by atoms with Gasteiger partial charge in [0.2, 0.25) is 5.91 Å². The van der Waals surface area contributed by atoms with E-state index in [1.165, 1.54) is 0 Å². The molecular formula is C14H20N2O3. The molecule has 0 bridgehead atoms. The van der Waals surface area contributed by atoms with Gasteiger partial charge >= 0.3 is 5.97 Å². The number of amides is 1. The van der Waals surface area contributed by atoms with Crippen LogP contribution in [0.15, 0.2) is 18.5 Å². The molecule has 1 amide bonds. The van der Waals surface area contributed by atoms with Crippen molar-refractivity contribution in [2.45, 2.75) is 38.5 Å². The zero-order valence-electron chi connectivity index (χ0n) is 11.3. The van der Waals surface area contributed by atoms with Gasteiger partial charge in [0.05, 0.1) is 0 Å². The molecule has 1 aromatic rings. The summed E-state index contributed by atoms with van der Waals surface area (Å²) in [6.45, 7) is 4.47. The summed E-state index contributed by atoms with van der Waals surface area (Å²) in [7, 11) is 0. The molecule has 104 valence electrons. The average molecular weight is 264 g/mol. The summed E-state index contributed by atoms with van der Waals surface area (Å²) in [6.07, 6.45) is 5.42. The van der Waals surface area contributed by atoms with Crippen LogP contribution in [-0.4, -0.2) is 28.5 Å². The molecule has 3 N–H and O–H groups in total. The first kappa shape index (κ1) is 13.6. The van der Waals surface area contributed by atoms with E-state index < -0.39 is 11.4 Å². The van der Waals surface area contributed by atoms with E-state index >= 15 is 0 Å². The van der Waals surface area contributed by atoms with Crippen molar-refractivity contribution >= 4 is 11.9 Å². The molecule has 0 atom stereocenters. The Bertz CT molecular complexity index is 473. The van der Waals surface area contributed by atoms with Crippen LogP contribution in [0, 0.1) is 5.41 Å². The minimum absolute atomic E-state index is 0.223. The third-order valence-corrected chi connectivity index (χ3v) is 4.12. The highest BCUT2D eigenvalue weighted by atomic mass is 16.4. The van der Waals surface area contributed by atoms with Crippen molar-refractivity contribution in [1.29, 1.82) is 0 Å². The molecule has 5 heteroatoms. The fourth-order valence-electron chi connectivity index (χ4n) is 2.39. The summed E-state index contributed by atoms with van der Waals surface area (Å²) in [4.78, 5) is 26.3. The summed E-state index contributed by atoms with van der Waals surface area (Å²) < 4.78 is 0. The molecule has 0 aliphatic heterocycles. The number of carboxylic acids is 1. The number of hydrogen-bond acceptors (Lipinski definition) is 2. The van der Waals surface area contributed by atoms with Gasteiger partial charge in [-0.3, -0.25) is 9.59 Å². The molecule has 1 aliphatic carbocycles. The lowest BCUT2D eigenvalue weighted by Gasteiger charge is -2.37. The monoisotopic (exact) mass is 264 g/mol. The van der Waals surface area contributed by atoms with Gasteiger partial charge in [-0.15, -0.1) is 0 Å². The zero-order valence-corrected chi connectivity index (χ0v) is 11.3. The number of aromatic amines is 1. The predicted octanol–water partition coefficient (Wildman–Crippen LogP) is 1.66. The highest BCUT2D eigenvalue weighted by Crippen LogP contribution is 2.41. The second-order valence-corrected chi connectivity index (χ2v) is 5.91. The van der Waals surface area contributed by atoms with E-state index in [0.29, 0.717) is 19.4 Å². The Morgan fingerprint density at radius 2 is 2.16 bits per heavy atom. The molecule has 0 radical (unpaired) electrons. The van der Waals surface area contributed by atoms with Gasteiger partial charge in [-0.25, -0.2) is 0 Å². The second kappa shape index (κ2) is 4.72. The van der Waals surface area contributed by atoms with Crippen LogP contribution in [0.3, 0.4) is 0 Å². The van der Waals surface area contributed by atoms with Crippen LogP contribution < -0.4 is 5.32 Å². The van der Waals surface area contributed by atoms with Crippen molar-refractivity contribution in [3.8, 4) is 0 Å². The lowest BCUT2D eigenvalue weighted by molar-refractivity contribution is -0.162. The van der Waals surface area contributed by atoms with Crippen LogP contribution >= 0.6 is 0 Å². The summed E-state index contributed by atoms with van der Waals surface area (Å²) in [5.41, 5.74) is -0.321. The molecule has 1 aliphatic rings. The number of carboxylic acid groups (broad SMARTS) is 1. The molecular weight excluding hydrogens is 244 g/mol. The maximum atomic E-state index is 12.1. The van der Waals surface area contributed by atoms with E-state index in [4.69, 9.17) is 0 Å². The third-order valence-electron chi connectivity index (χ3n) is 4.12. The predicted molar refractivity (Wildman–Crippen MR) is 70.7 cm³/mol. The largest absolute Gasteiger partial charge is 0.480 e. The minimum Gasteiger partial charge on any atom is -0.480 e. The summed E-state index contributed by atoms with van der Waals surface area (Å²) >= 11 is 0. The van der Waals surface area contributed by atoms with E-state index in [1.54, 1.807) is 0 Å². The Balaban J connectivity index is 1.99. The highest BCUT2D eigenvalue weighted by molar-refractivity contribution is 6.02. The molecule has 19 heavy (non-hydrogen) atoms. The second-order valence-electron chi connectivity index (χ2n) is 5.91. The van der Waals surface area contributed by atoms with Gasteiger partial charge in [0.1, 0.15) is 5.41 Å². The number of aromatic nitrogens is 1. The molecule has 1 fully saturated rings. The summed E-state index contributed by atoms with van der Waals surface area (Å²) in [6, 6.07) is 1.96. The number of aliphatic carboxylic acids is 1. The lowest BCUT2D eigenvalue weighted by Crippen LogP contribution is -2.53. The van der Waals surface area contributed by atoms with Crippen LogP contribution in [0.1, 0.15) is 38.7 Å². The van der Waals surface area contributed by atoms with E-state index in [2.05, 4.69) is 10.3 Å². The first-order valence-electron chi connectivity index (χ1n) is 6.53. The number of rotatable bonds is 5. The van der Waals surface area contributed by atoms with Crippen LogP contribution in [0.2, 0.25) is 0 Å². The lowest BCUT2D eigenvalue weighted by atomic mass is 9.68. The number of hydrogen-bond donors (Lipinski definition) is 3. The molecule has 0 unspecified atom stereocenters. The van der Waals surface area contributed by atoms with Gasteiger partial charge in [0.25, 0.3) is 0 Å². The SMILES string of the molecule is CC(C)(CNC(=O)C1(C(=O)O)CCC1)c1cc[nH]c1. The van der Waals surface area contributed by atoms with Crippen LogP contribution in [0.4, 0.5) is 0 Å². The van der Waals surface area contributed by atoms with E-state index in [-0.39, 0.29) is 11.3 Å². The molecule has 1 aromatic heterocycles. The van der Waals surface area contributed by atoms with Gasteiger partial charge < -0.3 is 15.4 Å². The Kier molecular flexibility index (Phi) is 3.39. The van der Waals surface area contributed by atoms with Crippen molar-refractivity contribution in [2.24, 2.45) is 5.41 Å². The van der Waals surface area contributed by atoms with Crippen molar-refractivity contribution in [3.05, 3.63) is 24.0 Å². The molecule has 0 saturated heterocycles. The maximum Gasteiger partial charge on any atom is 0.319 e. The molecule has 1 heterocycles. The molecule has 5 nitrogen and oxygen atoms in total. The van der Waals surface area contributed by atoms with Crippen molar-refractivity contribution in [2.75, 3.05) is 6.54 Å². The Morgan fingerprint density at radius 3 is 2.58 bits per heavy atom. The van der Waals surface area contributed by atoms with Crippen molar-refractivity contribution in [1.82, 2.24) is 10.3 Å². The summed E-state index contributed by atoms with van der Waals surface area (Å²) in [5.74, 6) is -1.36. The summed E-state index contributed by atoms with van der Waals surface area (Å²) in [5, 5.41) is 12.0. The fraction of sp³-hybridized carbons (Fsp3) is 0.571. The van der Waals surface area contributed by atoms with Gasteiger partial charge in [-0.1, -0.05) is 20.3 Å². The molecule has 0 spiro atoms. The first-order valence-corrected chi connectivity index (χ1v) is 6.53. The number of carbonyl (C=O) groups is 2. The average Bonchev–Trinajstić information content (AvgIpc) is 2.78. The molecule has 2 rings (SSSR count).